The Labute approximate surface area is 160 Å². The number of halogens is 2. The Morgan fingerprint density at radius 3 is 2.79 bits per heavy atom. The molecule has 9 heteroatoms. The number of nitrogens with one attached hydrogen (secondary N) is 3. The van der Waals surface area contributed by atoms with E-state index in [0.717, 1.165) is 10.6 Å². The van der Waals surface area contributed by atoms with Gasteiger partial charge in [-0.1, -0.05) is 12.1 Å². The molecule has 1 aliphatic heterocycles. The molecule has 3 rings (SSSR count). The topological polar surface area (TPSA) is 98.2 Å². The van der Waals surface area contributed by atoms with Gasteiger partial charge in [-0.2, -0.15) is 0 Å². The maximum Gasteiger partial charge on any atom is 0.267 e. The van der Waals surface area contributed by atoms with E-state index in [-0.39, 0.29) is 5.71 Å². The first-order chi connectivity index (χ1) is 13.2. The van der Waals surface area contributed by atoms with Gasteiger partial charge in [0.2, 0.25) is 5.91 Å². The van der Waals surface area contributed by atoms with E-state index in [1.807, 2.05) is 6.07 Å². The number of hydrogen-bond donors (Lipinski definition) is 3. The highest BCUT2D eigenvalue weighted by molar-refractivity contribution is 6.09. The number of rotatable bonds is 5. The predicted molar refractivity (Wildman–Crippen MR) is 102 cm³/mol. The predicted octanol–water partition coefficient (Wildman–Crippen LogP) is 2.28. The number of likely N-dealkylation sites (tertiary alicyclic amines) is 1. The molecule has 2 amide bonds. The lowest BCUT2D eigenvalue weighted by Crippen LogP contribution is -2.45. The number of amides is 2. The third-order valence-electron chi connectivity index (χ3n) is 4.78. The zero-order chi connectivity index (χ0) is 20.5. The molecule has 1 aromatic carbocycles. The zero-order valence-electron chi connectivity index (χ0n) is 15.6. The van der Waals surface area contributed by atoms with E-state index in [4.69, 9.17) is 5.41 Å². The van der Waals surface area contributed by atoms with Crippen molar-refractivity contribution in [3.05, 3.63) is 36.0 Å². The molecule has 0 bridgehead atoms. The fourth-order valence-corrected chi connectivity index (χ4v) is 3.39. The number of carbonyl (C=O) groups is 2. The SMILES string of the molecule is CNc1cccc2c(C(=O)NCC(=O)N3CC(F)(F)C[C@H]3C(C)=N)ccnc12. The van der Waals surface area contributed by atoms with Gasteiger partial charge in [-0.05, 0) is 19.1 Å². The molecular formula is C19H21F2N5O2. The van der Waals surface area contributed by atoms with Gasteiger partial charge < -0.3 is 20.9 Å². The number of hydrogen-bond acceptors (Lipinski definition) is 5. The summed E-state index contributed by atoms with van der Waals surface area (Å²) in [6.45, 7) is 0.230. The largest absolute Gasteiger partial charge is 0.386 e. The first-order valence-electron chi connectivity index (χ1n) is 8.79. The van der Waals surface area contributed by atoms with Gasteiger partial charge in [-0.3, -0.25) is 14.6 Å². The van der Waals surface area contributed by atoms with Gasteiger partial charge in [0.25, 0.3) is 11.8 Å². The summed E-state index contributed by atoms with van der Waals surface area (Å²) in [5.74, 6) is -4.17. The zero-order valence-corrected chi connectivity index (χ0v) is 15.6. The molecule has 7 nitrogen and oxygen atoms in total. The summed E-state index contributed by atoms with van der Waals surface area (Å²) in [6, 6.07) is 5.94. The Bertz CT molecular complexity index is 947. The monoisotopic (exact) mass is 389 g/mol. The first kappa shape index (κ1) is 19.7. The summed E-state index contributed by atoms with van der Waals surface area (Å²) >= 11 is 0. The van der Waals surface area contributed by atoms with Gasteiger partial charge in [0.05, 0.1) is 35.9 Å². The van der Waals surface area contributed by atoms with Crippen LogP contribution in [0.5, 0.6) is 0 Å². The number of aromatic nitrogens is 1. The number of alkyl halides is 2. The van der Waals surface area contributed by atoms with Crippen molar-refractivity contribution in [3.8, 4) is 0 Å². The smallest absolute Gasteiger partial charge is 0.267 e. The van der Waals surface area contributed by atoms with E-state index in [9.17, 15) is 18.4 Å². The standard InChI is InChI=1S/C19H21F2N5O2/c1-11(22)15-8-19(20,21)10-26(15)16(27)9-25-18(28)13-6-7-24-17-12(13)4-3-5-14(17)23-2/h3-7,15,22-23H,8-10H2,1-2H3,(H,25,28)/t15-/m0/s1. The van der Waals surface area contributed by atoms with Crippen LogP contribution >= 0.6 is 0 Å². The van der Waals surface area contributed by atoms with Crippen LogP contribution in [-0.4, -0.2) is 59.5 Å². The highest BCUT2D eigenvalue weighted by Gasteiger charge is 2.47. The fourth-order valence-electron chi connectivity index (χ4n) is 3.39. The van der Waals surface area contributed by atoms with Crippen LogP contribution in [0, 0.1) is 5.41 Å². The molecule has 2 heterocycles. The lowest BCUT2D eigenvalue weighted by Gasteiger charge is -2.23. The molecule has 1 aromatic heterocycles. The molecule has 1 fully saturated rings. The molecular weight excluding hydrogens is 368 g/mol. The van der Waals surface area contributed by atoms with Crippen LogP contribution in [0.25, 0.3) is 10.9 Å². The molecule has 2 aromatic rings. The second-order valence-corrected chi connectivity index (χ2v) is 6.77. The van der Waals surface area contributed by atoms with Crippen LogP contribution in [0.4, 0.5) is 14.5 Å². The van der Waals surface area contributed by atoms with E-state index in [2.05, 4.69) is 15.6 Å². The normalized spacial score (nSPS) is 18.1. The Balaban J connectivity index is 1.75. The van der Waals surface area contributed by atoms with Gasteiger partial charge in [-0.15, -0.1) is 0 Å². The van der Waals surface area contributed by atoms with Gasteiger partial charge in [0, 0.05) is 30.8 Å². The number of anilines is 1. The van der Waals surface area contributed by atoms with E-state index < -0.39 is 43.3 Å². The number of carbonyl (C=O) groups excluding carboxylic acids is 2. The summed E-state index contributed by atoms with van der Waals surface area (Å²) in [7, 11) is 1.75. The van der Waals surface area contributed by atoms with E-state index in [0.29, 0.717) is 16.5 Å². The van der Waals surface area contributed by atoms with Crippen LogP contribution < -0.4 is 10.6 Å². The number of benzene rings is 1. The van der Waals surface area contributed by atoms with E-state index in [1.165, 1.54) is 19.2 Å². The Kier molecular flexibility index (Phi) is 5.26. The number of fused-ring (bicyclic) bond motifs is 1. The highest BCUT2D eigenvalue weighted by atomic mass is 19.3. The van der Waals surface area contributed by atoms with Gasteiger partial charge >= 0.3 is 0 Å². The molecule has 0 aliphatic carbocycles. The molecule has 1 aliphatic rings. The van der Waals surface area contributed by atoms with Crippen LogP contribution in [0.3, 0.4) is 0 Å². The molecule has 1 saturated heterocycles. The van der Waals surface area contributed by atoms with E-state index in [1.54, 1.807) is 19.2 Å². The molecule has 148 valence electrons. The second kappa shape index (κ2) is 7.49. The lowest BCUT2D eigenvalue weighted by molar-refractivity contribution is -0.131. The van der Waals surface area contributed by atoms with Gasteiger partial charge in [0.15, 0.2) is 0 Å². The van der Waals surface area contributed by atoms with Crippen molar-refractivity contribution >= 4 is 34.1 Å². The minimum Gasteiger partial charge on any atom is -0.386 e. The van der Waals surface area contributed by atoms with Crippen LogP contribution in [0.1, 0.15) is 23.7 Å². The van der Waals surface area contributed by atoms with Gasteiger partial charge in [-0.25, -0.2) is 8.78 Å². The third-order valence-corrected chi connectivity index (χ3v) is 4.78. The Morgan fingerprint density at radius 2 is 2.11 bits per heavy atom. The minimum atomic E-state index is -3.03. The third kappa shape index (κ3) is 3.78. The van der Waals surface area contributed by atoms with Crippen LogP contribution in [0.15, 0.2) is 30.5 Å². The van der Waals surface area contributed by atoms with Crippen molar-refractivity contribution in [3.63, 3.8) is 0 Å². The second-order valence-electron chi connectivity index (χ2n) is 6.77. The molecule has 0 unspecified atom stereocenters. The van der Waals surface area contributed by atoms with Crippen molar-refractivity contribution < 1.29 is 18.4 Å². The maximum absolute atomic E-state index is 13.7. The Hall–Kier alpha value is -3.10. The Morgan fingerprint density at radius 1 is 1.36 bits per heavy atom. The minimum absolute atomic E-state index is 0.00317. The lowest BCUT2D eigenvalue weighted by atomic mass is 10.1. The molecule has 0 saturated carbocycles. The summed E-state index contributed by atoms with van der Waals surface area (Å²) in [5.41, 5.74) is 1.70. The molecule has 3 N–H and O–H groups in total. The van der Waals surface area contributed by atoms with Crippen molar-refractivity contribution in [1.82, 2.24) is 15.2 Å². The van der Waals surface area contributed by atoms with Crippen molar-refractivity contribution in [2.24, 2.45) is 0 Å². The highest BCUT2D eigenvalue weighted by Crippen LogP contribution is 2.32. The van der Waals surface area contributed by atoms with Crippen molar-refractivity contribution in [2.45, 2.75) is 25.3 Å². The molecule has 0 spiro atoms. The summed E-state index contributed by atoms with van der Waals surface area (Å²) in [4.78, 5) is 30.2. The quantitative estimate of drug-likeness (QED) is 0.684. The number of para-hydroxylation sites is 1. The number of nitrogens with zero attached hydrogens (tertiary/aromatic N) is 2. The van der Waals surface area contributed by atoms with E-state index >= 15 is 0 Å². The molecule has 28 heavy (non-hydrogen) atoms. The molecule has 1 atom stereocenters. The average molecular weight is 389 g/mol. The summed E-state index contributed by atoms with van der Waals surface area (Å²) in [5, 5.41) is 13.8. The first-order valence-corrected chi connectivity index (χ1v) is 8.79. The van der Waals surface area contributed by atoms with Crippen molar-refractivity contribution in [2.75, 3.05) is 25.5 Å². The fraction of sp³-hybridized carbons (Fsp3) is 0.368. The summed E-state index contributed by atoms with van der Waals surface area (Å²) in [6.07, 6.45) is 0.930. The summed E-state index contributed by atoms with van der Waals surface area (Å²) < 4.78 is 27.4. The van der Waals surface area contributed by atoms with Gasteiger partial charge in [0.1, 0.15) is 0 Å². The van der Waals surface area contributed by atoms with Crippen LogP contribution in [-0.2, 0) is 4.79 Å². The molecule has 0 radical (unpaired) electrons. The number of pyridine rings is 1. The van der Waals surface area contributed by atoms with Crippen molar-refractivity contribution in [1.29, 1.82) is 5.41 Å². The maximum atomic E-state index is 13.7. The van der Waals surface area contributed by atoms with Crippen LogP contribution in [0.2, 0.25) is 0 Å². The average Bonchev–Trinajstić information content (AvgIpc) is 3.00.